The van der Waals surface area contributed by atoms with E-state index in [0.717, 1.165) is 18.2 Å². The van der Waals surface area contributed by atoms with Crippen molar-refractivity contribution in [3.8, 4) is 5.75 Å². The maximum atomic E-state index is 6.04. The molecular weight excluding hydrogens is 248 g/mol. The van der Waals surface area contributed by atoms with Gasteiger partial charge in [-0.05, 0) is 50.8 Å². The third-order valence-electron chi connectivity index (χ3n) is 4.09. The Bertz CT molecular complexity index is 416. The Labute approximate surface area is 123 Å². The van der Waals surface area contributed by atoms with Crippen LogP contribution in [0.3, 0.4) is 0 Å². The van der Waals surface area contributed by atoms with Gasteiger partial charge in [-0.25, -0.2) is 0 Å². The summed E-state index contributed by atoms with van der Waals surface area (Å²) in [6.07, 6.45) is 1.48. The summed E-state index contributed by atoms with van der Waals surface area (Å²) < 4.78 is 5.70. The van der Waals surface area contributed by atoms with Gasteiger partial charge in [-0.2, -0.15) is 0 Å². The summed E-state index contributed by atoms with van der Waals surface area (Å²) in [6.45, 7) is 10.5. The maximum Gasteiger partial charge on any atom is 0.119 e. The summed E-state index contributed by atoms with van der Waals surface area (Å²) in [5.41, 5.74) is 7.33. The zero-order chi connectivity index (χ0) is 14.7. The number of benzene rings is 1. The summed E-state index contributed by atoms with van der Waals surface area (Å²) in [7, 11) is 0. The molecule has 2 rings (SSSR count). The van der Waals surface area contributed by atoms with Gasteiger partial charge in [0.2, 0.25) is 0 Å². The van der Waals surface area contributed by atoms with Gasteiger partial charge in [0, 0.05) is 25.2 Å². The number of nitrogens with two attached hydrogens (primary N) is 1. The molecule has 1 aromatic carbocycles. The van der Waals surface area contributed by atoms with Gasteiger partial charge in [0.1, 0.15) is 5.75 Å². The van der Waals surface area contributed by atoms with E-state index in [9.17, 15) is 0 Å². The van der Waals surface area contributed by atoms with Crippen molar-refractivity contribution in [2.45, 2.75) is 52.3 Å². The maximum absolute atomic E-state index is 6.04. The topological polar surface area (TPSA) is 38.5 Å². The third-order valence-corrected chi connectivity index (χ3v) is 4.09. The molecule has 0 bridgehead atoms. The largest absolute Gasteiger partial charge is 0.491 e. The molecule has 3 unspecified atom stereocenters. The van der Waals surface area contributed by atoms with Crippen molar-refractivity contribution in [2.75, 3.05) is 13.1 Å². The van der Waals surface area contributed by atoms with Crippen molar-refractivity contribution >= 4 is 0 Å². The van der Waals surface area contributed by atoms with Crippen LogP contribution in [0.4, 0.5) is 0 Å². The van der Waals surface area contributed by atoms with Gasteiger partial charge < -0.3 is 10.5 Å². The molecule has 0 radical (unpaired) electrons. The molecule has 3 nitrogen and oxygen atoms in total. The van der Waals surface area contributed by atoms with Crippen LogP contribution in [0.2, 0.25) is 0 Å². The van der Waals surface area contributed by atoms with Gasteiger partial charge in [-0.15, -0.1) is 0 Å². The molecule has 0 spiro atoms. The number of nitrogens with zero attached hydrogens (tertiary/aromatic N) is 1. The lowest BCUT2D eigenvalue weighted by molar-refractivity contribution is 0.192. The standard InChI is InChI=1S/C17H28N2O/c1-12(2)20-16-7-5-15(6-8-16)17(10-18)19-11-13(3)9-14(19)4/h5-8,12-14,17H,9-11,18H2,1-4H3. The van der Waals surface area contributed by atoms with E-state index in [2.05, 4.69) is 43.0 Å². The molecule has 0 aliphatic carbocycles. The van der Waals surface area contributed by atoms with Crippen molar-refractivity contribution in [2.24, 2.45) is 11.7 Å². The van der Waals surface area contributed by atoms with E-state index in [1.165, 1.54) is 12.0 Å². The molecule has 1 saturated heterocycles. The highest BCUT2D eigenvalue weighted by molar-refractivity contribution is 5.30. The second kappa shape index (κ2) is 6.59. The van der Waals surface area contributed by atoms with E-state index in [4.69, 9.17) is 10.5 Å². The van der Waals surface area contributed by atoms with E-state index in [1.54, 1.807) is 0 Å². The second-order valence-corrected chi connectivity index (χ2v) is 6.37. The van der Waals surface area contributed by atoms with Crippen molar-refractivity contribution in [1.29, 1.82) is 0 Å². The van der Waals surface area contributed by atoms with Crippen LogP contribution in [0.25, 0.3) is 0 Å². The van der Waals surface area contributed by atoms with Crippen molar-refractivity contribution < 1.29 is 4.74 Å². The zero-order valence-corrected chi connectivity index (χ0v) is 13.2. The second-order valence-electron chi connectivity index (χ2n) is 6.37. The minimum absolute atomic E-state index is 0.214. The first kappa shape index (κ1) is 15.3. The molecule has 1 aliphatic rings. The van der Waals surface area contributed by atoms with E-state index < -0.39 is 0 Å². The van der Waals surface area contributed by atoms with Gasteiger partial charge in [0.15, 0.2) is 0 Å². The van der Waals surface area contributed by atoms with Crippen molar-refractivity contribution in [3.05, 3.63) is 29.8 Å². The summed E-state index contributed by atoms with van der Waals surface area (Å²) in [4.78, 5) is 2.54. The molecular formula is C17H28N2O. The molecule has 2 N–H and O–H groups in total. The quantitative estimate of drug-likeness (QED) is 0.897. The lowest BCUT2D eigenvalue weighted by Crippen LogP contribution is -2.36. The van der Waals surface area contributed by atoms with Gasteiger partial charge in [-0.1, -0.05) is 19.1 Å². The lowest BCUT2D eigenvalue weighted by atomic mass is 10.0. The van der Waals surface area contributed by atoms with Crippen LogP contribution in [0.1, 0.15) is 45.7 Å². The first-order chi connectivity index (χ1) is 9.51. The van der Waals surface area contributed by atoms with Crippen molar-refractivity contribution in [3.63, 3.8) is 0 Å². The van der Waals surface area contributed by atoms with Gasteiger partial charge in [-0.3, -0.25) is 4.90 Å². The van der Waals surface area contributed by atoms with Gasteiger partial charge in [0.05, 0.1) is 6.10 Å². The molecule has 1 heterocycles. The fourth-order valence-corrected chi connectivity index (χ4v) is 3.27. The Morgan fingerprint density at radius 1 is 1.25 bits per heavy atom. The zero-order valence-electron chi connectivity index (χ0n) is 13.2. The number of ether oxygens (including phenoxy) is 1. The number of rotatable bonds is 5. The Kier molecular flexibility index (Phi) is 5.06. The van der Waals surface area contributed by atoms with Gasteiger partial charge in [0.25, 0.3) is 0 Å². The van der Waals surface area contributed by atoms with Crippen LogP contribution in [-0.2, 0) is 0 Å². The summed E-state index contributed by atoms with van der Waals surface area (Å²) in [6, 6.07) is 9.37. The molecule has 0 saturated carbocycles. The van der Waals surface area contributed by atoms with Crippen LogP contribution < -0.4 is 10.5 Å². The lowest BCUT2D eigenvalue weighted by Gasteiger charge is -2.31. The molecule has 1 aliphatic heterocycles. The fourth-order valence-electron chi connectivity index (χ4n) is 3.27. The van der Waals surface area contributed by atoms with Crippen LogP contribution in [0.15, 0.2) is 24.3 Å². The molecule has 3 atom stereocenters. The minimum atomic E-state index is 0.214. The first-order valence-corrected chi connectivity index (χ1v) is 7.73. The molecule has 20 heavy (non-hydrogen) atoms. The highest BCUT2D eigenvalue weighted by atomic mass is 16.5. The Balaban J connectivity index is 2.11. The van der Waals surface area contributed by atoms with E-state index >= 15 is 0 Å². The van der Waals surface area contributed by atoms with E-state index in [1.807, 2.05) is 13.8 Å². The molecule has 1 aromatic rings. The highest BCUT2D eigenvalue weighted by Crippen LogP contribution is 2.32. The van der Waals surface area contributed by atoms with Crippen LogP contribution in [-0.4, -0.2) is 30.1 Å². The number of hydrogen-bond donors (Lipinski definition) is 1. The van der Waals surface area contributed by atoms with Crippen molar-refractivity contribution in [1.82, 2.24) is 4.90 Å². The predicted molar refractivity (Wildman–Crippen MR) is 84.0 cm³/mol. The SMILES string of the molecule is CC1CC(C)N(C(CN)c2ccc(OC(C)C)cc2)C1. The Hall–Kier alpha value is -1.06. The molecule has 1 fully saturated rings. The van der Waals surface area contributed by atoms with E-state index in [0.29, 0.717) is 18.6 Å². The normalized spacial score (nSPS) is 25.1. The summed E-state index contributed by atoms with van der Waals surface area (Å²) >= 11 is 0. The van der Waals surface area contributed by atoms with E-state index in [-0.39, 0.29) is 6.10 Å². The Morgan fingerprint density at radius 3 is 2.35 bits per heavy atom. The Morgan fingerprint density at radius 2 is 1.90 bits per heavy atom. The van der Waals surface area contributed by atoms with Crippen LogP contribution in [0, 0.1) is 5.92 Å². The smallest absolute Gasteiger partial charge is 0.119 e. The fraction of sp³-hybridized carbons (Fsp3) is 0.647. The minimum Gasteiger partial charge on any atom is -0.491 e. The highest BCUT2D eigenvalue weighted by Gasteiger charge is 2.31. The molecule has 0 amide bonds. The number of likely N-dealkylation sites (tertiary alicyclic amines) is 1. The molecule has 0 aromatic heterocycles. The predicted octanol–water partition coefficient (Wildman–Crippen LogP) is 3.20. The van der Waals surface area contributed by atoms with Gasteiger partial charge >= 0.3 is 0 Å². The average Bonchev–Trinajstić information content (AvgIpc) is 2.71. The van der Waals surface area contributed by atoms with Crippen LogP contribution in [0.5, 0.6) is 5.75 Å². The molecule has 3 heteroatoms. The third kappa shape index (κ3) is 3.53. The summed E-state index contributed by atoms with van der Waals surface area (Å²) in [5, 5.41) is 0. The number of hydrogen-bond acceptors (Lipinski definition) is 3. The first-order valence-electron chi connectivity index (χ1n) is 7.73. The van der Waals surface area contributed by atoms with Crippen LogP contribution >= 0.6 is 0 Å². The monoisotopic (exact) mass is 276 g/mol. The average molecular weight is 276 g/mol. The molecule has 112 valence electrons. The summed E-state index contributed by atoms with van der Waals surface area (Å²) in [5.74, 6) is 1.70.